The van der Waals surface area contributed by atoms with Crippen LogP contribution in [0.5, 0.6) is 0 Å². The lowest BCUT2D eigenvalue weighted by molar-refractivity contribution is 0.0263. The zero-order chi connectivity index (χ0) is 15.5. The standard InChI is InChI=1S/C16H25N3O2/c1-16(2,3)21-15(20)19-10-6-9-18(11-12-19)14-8-5-4-7-13(14)17/h4-5,7-8H,6,9-12,17H2,1-3H3. The molecule has 5 nitrogen and oxygen atoms in total. The third-order valence-electron chi connectivity index (χ3n) is 3.43. The molecule has 1 aromatic carbocycles. The molecule has 0 saturated carbocycles. The van der Waals surface area contributed by atoms with Crippen molar-refractivity contribution in [2.24, 2.45) is 0 Å². The lowest BCUT2D eigenvalue weighted by atomic mass is 10.2. The second-order valence-corrected chi connectivity index (χ2v) is 6.37. The maximum absolute atomic E-state index is 12.1. The van der Waals surface area contributed by atoms with E-state index in [1.807, 2.05) is 45.0 Å². The number of nitrogen functional groups attached to an aromatic ring is 1. The molecule has 2 rings (SSSR count). The van der Waals surface area contributed by atoms with Crippen LogP contribution in [0, 0.1) is 0 Å². The van der Waals surface area contributed by atoms with Gasteiger partial charge in [-0.1, -0.05) is 12.1 Å². The fourth-order valence-corrected chi connectivity index (χ4v) is 2.44. The molecular weight excluding hydrogens is 266 g/mol. The fraction of sp³-hybridized carbons (Fsp3) is 0.562. The number of amides is 1. The summed E-state index contributed by atoms with van der Waals surface area (Å²) < 4.78 is 5.44. The maximum atomic E-state index is 12.1. The van der Waals surface area contributed by atoms with E-state index in [1.165, 1.54) is 0 Å². The number of hydrogen-bond acceptors (Lipinski definition) is 4. The van der Waals surface area contributed by atoms with Gasteiger partial charge in [-0.25, -0.2) is 4.79 Å². The summed E-state index contributed by atoms with van der Waals surface area (Å²) >= 11 is 0. The minimum absolute atomic E-state index is 0.231. The predicted octanol–water partition coefficient (Wildman–Crippen LogP) is 2.72. The molecule has 1 saturated heterocycles. The van der Waals surface area contributed by atoms with Gasteiger partial charge in [-0.15, -0.1) is 0 Å². The Morgan fingerprint density at radius 2 is 1.86 bits per heavy atom. The molecule has 21 heavy (non-hydrogen) atoms. The summed E-state index contributed by atoms with van der Waals surface area (Å²) in [5.41, 5.74) is 7.41. The first-order valence-corrected chi connectivity index (χ1v) is 7.44. The Morgan fingerprint density at radius 1 is 1.14 bits per heavy atom. The minimum Gasteiger partial charge on any atom is -0.444 e. The van der Waals surface area contributed by atoms with Gasteiger partial charge >= 0.3 is 6.09 Å². The molecule has 1 heterocycles. The summed E-state index contributed by atoms with van der Waals surface area (Å²) in [6.45, 7) is 8.71. The number of nitrogens with zero attached hydrogens (tertiary/aromatic N) is 2. The molecule has 0 unspecified atom stereocenters. The zero-order valence-electron chi connectivity index (χ0n) is 13.1. The van der Waals surface area contributed by atoms with E-state index < -0.39 is 5.60 Å². The van der Waals surface area contributed by atoms with Gasteiger partial charge in [0.25, 0.3) is 0 Å². The van der Waals surface area contributed by atoms with Crippen LogP contribution in [0.2, 0.25) is 0 Å². The van der Waals surface area contributed by atoms with Gasteiger partial charge in [-0.05, 0) is 39.3 Å². The molecular formula is C16H25N3O2. The number of carbonyl (C=O) groups excluding carboxylic acids is 1. The van der Waals surface area contributed by atoms with Gasteiger partial charge in [0.1, 0.15) is 5.60 Å². The topological polar surface area (TPSA) is 58.8 Å². The molecule has 1 aliphatic heterocycles. The highest BCUT2D eigenvalue weighted by Gasteiger charge is 2.24. The fourth-order valence-electron chi connectivity index (χ4n) is 2.44. The number of anilines is 2. The van der Waals surface area contributed by atoms with Gasteiger partial charge < -0.3 is 20.3 Å². The van der Waals surface area contributed by atoms with Crippen LogP contribution in [0.1, 0.15) is 27.2 Å². The van der Waals surface area contributed by atoms with E-state index in [1.54, 1.807) is 4.90 Å². The molecule has 0 spiro atoms. The molecule has 1 aromatic rings. The van der Waals surface area contributed by atoms with Crippen molar-refractivity contribution < 1.29 is 9.53 Å². The third-order valence-corrected chi connectivity index (χ3v) is 3.43. The van der Waals surface area contributed by atoms with Crippen LogP contribution in [0.15, 0.2) is 24.3 Å². The Hall–Kier alpha value is -1.91. The Labute approximate surface area is 126 Å². The minimum atomic E-state index is -0.451. The molecule has 5 heteroatoms. The molecule has 0 aromatic heterocycles. The monoisotopic (exact) mass is 291 g/mol. The number of benzene rings is 1. The summed E-state index contributed by atoms with van der Waals surface area (Å²) in [4.78, 5) is 16.2. The molecule has 1 aliphatic rings. The Morgan fingerprint density at radius 3 is 2.52 bits per heavy atom. The number of ether oxygens (including phenoxy) is 1. The number of para-hydroxylation sites is 2. The van der Waals surface area contributed by atoms with Crippen molar-refractivity contribution in [3.8, 4) is 0 Å². The van der Waals surface area contributed by atoms with Crippen LogP contribution in [0.25, 0.3) is 0 Å². The Balaban J connectivity index is 1.99. The quantitative estimate of drug-likeness (QED) is 0.808. The van der Waals surface area contributed by atoms with E-state index in [2.05, 4.69) is 4.90 Å². The van der Waals surface area contributed by atoms with Crippen molar-refractivity contribution in [1.82, 2.24) is 4.90 Å². The third kappa shape index (κ3) is 4.28. The molecule has 0 aliphatic carbocycles. The van der Waals surface area contributed by atoms with Gasteiger partial charge in [0.05, 0.1) is 11.4 Å². The summed E-state index contributed by atoms with van der Waals surface area (Å²) in [6.07, 6.45) is 0.679. The van der Waals surface area contributed by atoms with E-state index in [4.69, 9.17) is 10.5 Å². The molecule has 1 fully saturated rings. The SMILES string of the molecule is CC(C)(C)OC(=O)N1CCCN(c2ccccc2N)CC1. The van der Waals surface area contributed by atoms with Gasteiger partial charge in [0, 0.05) is 26.2 Å². The van der Waals surface area contributed by atoms with Crippen LogP contribution in [-0.2, 0) is 4.74 Å². The average molecular weight is 291 g/mol. The van der Waals surface area contributed by atoms with Crippen LogP contribution >= 0.6 is 0 Å². The highest BCUT2D eigenvalue weighted by Crippen LogP contribution is 2.24. The Bertz CT molecular complexity index is 497. The highest BCUT2D eigenvalue weighted by atomic mass is 16.6. The number of hydrogen-bond donors (Lipinski definition) is 1. The number of carbonyl (C=O) groups is 1. The summed E-state index contributed by atoms with van der Waals surface area (Å²) in [5.74, 6) is 0. The number of nitrogens with two attached hydrogens (primary N) is 1. The molecule has 116 valence electrons. The maximum Gasteiger partial charge on any atom is 0.410 e. The number of rotatable bonds is 1. The average Bonchev–Trinajstić information content (AvgIpc) is 2.63. The van der Waals surface area contributed by atoms with Gasteiger partial charge in [-0.3, -0.25) is 0 Å². The first-order valence-electron chi connectivity index (χ1n) is 7.44. The van der Waals surface area contributed by atoms with Crippen molar-refractivity contribution in [3.05, 3.63) is 24.3 Å². The lowest BCUT2D eigenvalue weighted by Crippen LogP contribution is -2.39. The summed E-state index contributed by atoms with van der Waals surface area (Å²) in [5, 5.41) is 0. The summed E-state index contributed by atoms with van der Waals surface area (Å²) in [7, 11) is 0. The highest BCUT2D eigenvalue weighted by molar-refractivity contribution is 5.69. The molecule has 1 amide bonds. The van der Waals surface area contributed by atoms with E-state index in [9.17, 15) is 4.79 Å². The second-order valence-electron chi connectivity index (χ2n) is 6.37. The largest absolute Gasteiger partial charge is 0.444 e. The van der Waals surface area contributed by atoms with Gasteiger partial charge in [0.15, 0.2) is 0 Å². The molecule has 0 radical (unpaired) electrons. The molecule has 0 bridgehead atoms. The van der Waals surface area contributed by atoms with Gasteiger partial charge in [0.2, 0.25) is 0 Å². The smallest absolute Gasteiger partial charge is 0.410 e. The first kappa shape index (κ1) is 15.5. The lowest BCUT2D eigenvalue weighted by Gasteiger charge is -2.27. The second kappa shape index (κ2) is 6.24. The van der Waals surface area contributed by atoms with Crippen LogP contribution in [-0.4, -0.2) is 42.8 Å². The van der Waals surface area contributed by atoms with Crippen molar-refractivity contribution in [1.29, 1.82) is 0 Å². The Kier molecular flexibility index (Phi) is 4.60. The van der Waals surface area contributed by atoms with Crippen molar-refractivity contribution in [2.75, 3.05) is 36.8 Å². The summed E-state index contributed by atoms with van der Waals surface area (Å²) in [6, 6.07) is 7.86. The molecule has 0 atom stereocenters. The van der Waals surface area contributed by atoms with Crippen molar-refractivity contribution in [3.63, 3.8) is 0 Å². The van der Waals surface area contributed by atoms with Crippen molar-refractivity contribution in [2.45, 2.75) is 32.8 Å². The molecule has 2 N–H and O–H groups in total. The van der Waals surface area contributed by atoms with E-state index in [0.717, 1.165) is 37.4 Å². The normalized spacial score (nSPS) is 16.5. The predicted molar refractivity (Wildman–Crippen MR) is 85.5 cm³/mol. The van der Waals surface area contributed by atoms with Crippen LogP contribution in [0.4, 0.5) is 16.2 Å². The van der Waals surface area contributed by atoms with Crippen LogP contribution in [0.3, 0.4) is 0 Å². The first-order chi connectivity index (χ1) is 9.87. The van der Waals surface area contributed by atoms with E-state index in [-0.39, 0.29) is 6.09 Å². The van der Waals surface area contributed by atoms with Crippen molar-refractivity contribution >= 4 is 17.5 Å². The van der Waals surface area contributed by atoms with E-state index >= 15 is 0 Å². The van der Waals surface area contributed by atoms with Gasteiger partial charge in [-0.2, -0.15) is 0 Å². The zero-order valence-corrected chi connectivity index (χ0v) is 13.1. The van der Waals surface area contributed by atoms with Crippen LogP contribution < -0.4 is 10.6 Å². The van der Waals surface area contributed by atoms with E-state index in [0.29, 0.717) is 6.54 Å².